The number of hydrogen-bond donors (Lipinski definition) is 2. The van der Waals surface area contributed by atoms with Gasteiger partial charge in [0.1, 0.15) is 5.82 Å². The highest BCUT2D eigenvalue weighted by atomic mass is 16.1. The number of carbonyl (C=O) groups is 1. The fourth-order valence-electron chi connectivity index (χ4n) is 2.82. The van der Waals surface area contributed by atoms with Gasteiger partial charge in [-0.3, -0.25) is 4.79 Å². The molecular weight excluding hydrogens is 250 g/mol. The molecule has 0 aliphatic heterocycles. The lowest BCUT2D eigenvalue weighted by molar-refractivity contribution is 0.0939. The van der Waals surface area contributed by atoms with Gasteiger partial charge >= 0.3 is 0 Å². The van der Waals surface area contributed by atoms with Gasteiger partial charge in [0.05, 0.1) is 11.1 Å². The summed E-state index contributed by atoms with van der Waals surface area (Å²) in [6.45, 7) is 0. The summed E-state index contributed by atoms with van der Waals surface area (Å²) in [6, 6.07) is 9.91. The molecule has 1 heterocycles. The fraction of sp³-hybridized carbons (Fsp3) is 0.375. The highest BCUT2D eigenvalue weighted by Crippen LogP contribution is 2.22. The molecule has 0 bridgehead atoms. The van der Waals surface area contributed by atoms with E-state index in [1.807, 2.05) is 37.4 Å². The van der Waals surface area contributed by atoms with Crippen LogP contribution in [0.3, 0.4) is 0 Å². The number of aromatic nitrogens is 1. The van der Waals surface area contributed by atoms with E-state index in [0.717, 1.165) is 29.6 Å². The van der Waals surface area contributed by atoms with Crippen LogP contribution in [0.2, 0.25) is 0 Å². The molecule has 3 rings (SSSR count). The minimum atomic E-state index is 0.00648. The molecule has 4 nitrogen and oxygen atoms in total. The van der Waals surface area contributed by atoms with Crippen molar-refractivity contribution in [1.29, 1.82) is 0 Å². The van der Waals surface area contributed by atoms with Crippen molar-refractivity contribution in [3.05, 3.63) is 35.9 Å². The average Bonchev–Trinajstić information content (AvgIpc) is 2.98. The first-order valence-electron chi connectivity index (χ1n) is 7.16. The third kappa shape index (κ3) is 2.46. The summed E-state index contributed by atoms with van der Waals surface area (Å²) in [5.74, 6) is 0.729. The van der Waals surface area contributed by atoms with Crippen LogP contribution in [0.4, 0.5) is 5.82 Å². The lowest BCUT2D eigenvalue weighted by Crippen LogP contribution is -2.32. The van der Waals surface area contributed by atoms with Crippen molar-refractivity contribution in [3.63, 3.8) is 0 Å². The van der Waals surface area contributed by atoms with Crippen molar-refractivity contribution in [2.75, 3.05) is 12.4 Å². The van der Waals surface area contributed by atoms with E-state index in [-0.39, 0.29) is 5.91 Å². The van der Waals surface area contributed by atoms with E-state index in [1.54, 1.807) is 0 Å². The summed E-state index contributed by atoms with van der Waals surface area (Å²) in [5.41, 5.74) is 1.54. The highest BCUT2D eigenvalue weighted by molar-refractivity contribution is 6.07. The second kappa shape index (κ2) is 5.49. The molecule has 1 aromatic carbocycles. The molecule has 4 heteroatoms. The molecule has 1 aliphatic rings. The van der Waals surface area contributed by atoms with Crippen molar-refractivity contribution in [3.8, 4) is 0 Å². The zero-order valence-corrected chi connectivity index (χ0v) is 11.6. The van der Waals surface area contributed by atoms with Gasteiger partial charge in [0.15, 0.2) is 0 Å². The molecule has 1 saturated carbocycles. The van der Waals surface area contributed by atoms with Gasteiger partial charge in [-0.15, -0.1) is 0 Å². The molecule has 0 saturated heterocycles. The lowest BCUT2D eigenvalue weighted by Gasteiger charge is -2.14. The predicted octanol–water partition coefficient (Wildman–Crippen LogP) is 2.95. The molecule has 1 aromatic heterocycles. The van der Waals surface area contributed by atoms with Crippen LogP contribution in [0.1, 0.15) is 36.0 Å². The first-order valence-corrected chi connectivity index (χ1v) is 7.16. The van der Waals surface area contributed by atoms with Gasteiger partial charge < -0.3 is 10.6 Å². The third-order valence-corrected chi connectivity index (χ3v) is 3.91. The number of benzene rings is 1. The maximum atomic E-state index is 12.5. The quantitative estimate of drug-likeness (QED) is 0.900. The number of fused-ring (bicyclic) bond motifs is 1. The third-order valence-electron chi connectivity index (χ3n) is 3.91. The Bertz CT molecular complexity index is 633. The number of nitrogens with zero attached hydrogens (tertiary/aromatic N) is 1. The van der Waals surface area contributed by atoms with Crippen LogP contribution in [0.5, 0.6) is 0 Å². The largest absolute Gasteiger partial charge is 0.373 e. The zero-order valence-electron chi connectivity index (χ0n) is 11.6. The molecule has 20 heavy (non-hydrogen) atoms. The Kier molecular flexibility index (Phi) is 3.54. The summed E-state index contributed by atoms with van der Waals surface area (Å²) in [6.07, 6.45) is 4.61. The molecular formula is C16H19N3O. The molecule has 1 aliphatic carbocycles. The number of para-hydroxylation sites is 1. The van der Waals surface area contributed by atoms with Gasteiger partial charge in [-0.2, -0.15) is 0 Å². The number of hydrogen-bond acceptors (Lipinski definition) is 3. The van der Waals surface area contributed by atoms with Crippen molar-refractivity contribution in [2.24, 2.45) is 0 Å². The van der Waals surface area contributed by atoms with Gasteiger partial charge in [-0.25, -0.2) is 4.98 Å². The summed E-state index contributed by atoms with van der Waals surface area (Å²) in [4.78, 5) is 17.0. The standard InChI is InChI=1S/C16H19N3O/c1-17-15-10-13(12-8-4-5-9-14(12)19-15)16(20)18-11-6-2-3-7-11/h4-5,8-11H,2-3,6-7H2,1H3,(H,17,19)(H,18,20). The average molecular weight is 269 g/mol. The van der Waals surface area contributed by atoms with Gasteiger partial charge in [-0.1, -0.05) is 31.0 Å². The fourth-order valence-corrected chi connectivity index (χ4v) is 2.82. The summed E-state index contributed by atoms with van der Waals surface area (Å²) >= 11 is 0. The van der Waals surface area contributed by atoms with Crippen LogP contribution in [0.25, 0.3) is 10.9 Å². The first-order chi connectivity index (χ1) is 9.78. The second-order valence-electron chi connectivity index (χ2n) is 5.28. The SMILES string of the molecule is CNc1cc(C(=O)NC2CCCC2)c2ccccc2n1. The van der Waals surface area contributed by atoms with E-state index in [0.29, 0.717) is 11.6 Å². The number of pyridine rings is 1. The maximum absolute atomic E-state index is 12.5. The van der Waals surface area contributed by atoms with E-state index < -0.39 is 0 Å². The predicted molar refractivity (Wildman–Crippen MR) is 81.0 cm³/mol. The van der Waals surface area contributed by atoms with E-state index in [2.05, 4.69) is 15.6 Å². The first kappa shape index (κ1) is 12.9. The minimum Gasteiger partial charge on any atom is -0.373 e. The van der Waals surface area contributed by atoms with Crippen LogP contribution >= 0.6 is 0 Å². The van der Waals surface area contributed by atoms with Gasteiger partial charge in [0.25, 0.3) is 5.91 Å². The van der Waals surface area contributed by atoms with E-state index in [9.17, 15) is 4.79 Å². The Morgan fingerprint density at radius 2 is 2.00 bits per heavy atom. The monoisotopic (exact) mass is 269 g/mol. The molecule has 0 spiro atoms. The molecule has 1 fully saturated rings. The second-order valence-corrected chi connectivity index (χ2v) is 5.28. The number of rotatable bonds is 3. The van der Waals surface area contributed by atoms with Crippen LogP contribution in [-0.2, 0) is 0 Å². The molecule has 1 amide bonds. The summed E-state index contributed by atoms with van der Waals surface area (Å²) < 4.78 is 0. The molecule has 2 N–H and O–H groups in total. The van der Waals surface area contributed by atoms with Gasteiger partial charge in [0.2, 0.25) is 0 Å². The number of amides is 1. The molecule has 0 unspecified atom stereocenters. The van der Waals surface area contributed by atoms with Gasteiger partial charge in [-0.05, 0) is 25.0 Å². The summed E-state index contributed by atoms with van der Waals surface area (Å²) in [7, 11) is 1.82. The Balaban J connectivity index is 1.97. The Morgan fingerprint density at radius 1 is 1.25 bits per heavy atom. The lowest BCUT2D eigenvalue weighted by atomic mass is 10.1. The van der Waals surface area contributed by atoms with E-state index in [4.69, 9.17) is 0 Å². The Labute approximate surface area is 118 Å². The Hall–Kier alpha value is -2.10. The normalized spacial score (nSPS) is 15.4. The maximum Gasteiger partial charge on any atom is 0.252 e. The van der Waals surface area contributed by atoms with Crippen molar-refractivity contribution in [2.45, 2.75) is 31.7 Å². The minimum absolute atomic E-state index is 0.00648. The van der Waals surface area contributed by atoms with Gasteiger partial charge in [0, 0.05) is 18.5 Å². The zero-order chi connectivity index (χ0) is 13.9. The smallest absolute Gasteiger partial charge is 0.252 e. The van der Waals surface area contributed by atoms with Crippen LogP contribution in [0, 0.1) is 0 Å². The van der Waals surface area contributed by atoms with Crippen molar-refractivity contribution >= 4 is 22.6 Å². The van der Waals surface area contributed by atoms with Crippen LogP contribution in [-0.4, -0.2) is 24.0 Å². The number of carbonyl (C=O) groups excluding carboxylic acids is 1. The van der Waals surface area contributed by atoms with E-state index >= 15 is 0 Å². The molecule has 2 aromatic rings. The van der Waals surface area contributed by atoms with E-state index in [1.165, 1.54) is 12.8 Å². The Morgan fingerprint density at radius 3 is 2.75 bits per heavy atom. The summed E-state index contributed by atoms with van der Waals surface area (Å²) in [5, 5.41) is 7.07. The van der Waals surface area contributed by atoms with Crippen molar-refractivity contribution in [1.82, 2.24) is 10.3 Å². The molecule has 0 radical (unpaired) electrons. The van der Waals surface area contributed by atoms with Crippen LogP contribution in [0.15, 0.2) is 30.3 Å². The molecule has 0 atom stereocenters. The number of nitrogens with one attached hydrogen (secondary N) is 2. The van der Waals surface area contributed by atoms with Crippen LogP contribution < -0.4 is 10.6 Å². The number of anilines is 1. The van der Waals surface area contributed by atoms with Crippen molar-refractivity contribution < 1.29 is 4.79 Å². The topological polar surface area (TPSA) is 54.0 Å². The molecule has 104 valence electrons. The highest BCUT2D eigenvalue weighted by Gasteiger charge is 2.19.